The first-order valence-electron chi connectivity index (χ1n) is 9.61. The molecule has 0 aliphatic carbocycles. The maximum Gasteiger partial charge on any atom is 0.318 e. The van der Waals surface area contributed by atoms with Crippen molar-refractivity contribution in [2.24, 2.45) is 5.16 Å². The molecule has 0 fully saturated rings. The number of ether oxygens (including phenoxy) is 1. The van der Waals surface area contributed by atoms with Crippen LogP contribution in [0.15, 0.2) is 53.7 Å². The number of methoxy groups -OCH3 is 1. The summed E-state index contributed by atoms with van der Waals surface area (Å²) < 4.78 is 18.8. The van der Waals surface area contributed by atoms with Crippen molar-refractivity contribution in [1.29, 1.82) is 0 Å². The van der Waals surface area contributed by atoms with E-state index in [1.54, 1.807) is 24.1 Å². The first kappa shape index (κ1) is 20.6. The van der Waals surface area contributed by atoms with Crippen molar-refractivity contribution in [1.82, 2.24) is 10.2 Å². The molecule has 1 aliphatic rings. The van der Waals surface area contributed by atoms with Crippen molar-refractivity contribution >= 4 is 11.7 Å². The summed E-state index contributed by atoms with van der Waals surface area (Å²) in [6, 6.07) is 13.7. The second-order valence-electron chi connectivity index (χ2n) is 7.32. The fourth-order valence-electron chi connectivity index (χ4n) is 3.16. The van der Waals surface area contributed by atoms with Crippen LogP contribution in [0, 0.1) is 5.82 Å². The van der Waals surface area contributed by atoms with E-state index in [1.807, 2.05) is 38.1 Å². The molecule has 154 valence electrons. The van der Waals surface area contributed by atoms with Gasteiger partial charge in [-0.25, -0.2) is 9.18 Å². The Hall–Kier alpha value is -3.09. The van der Waals surface area contributed by atoms with Crippen molar-refractivity contribution in [3.63, 3.8) is 0 Å². The van der Waals surface area contributed by atoms with Crippen LogP contribution in [-0.4, -0.2) is 42.4 Å². The SMILES string of the molecule is COc1cccc(CN(C[C@H]2CC(c3cccc(F)c3)=NO2)C(=O)NC(C)C)c1. The highest BCUT2D eigenvalue weighted by atomic mass is 19.1. The molecule has 7 heteroatoms. The van der Waals surface area contributed by atoms with Crippen LogP contribution in [0.2, 0.25) is 0 Å². The number of benzene rings is 2. The predicted molar refractivity (Wildman–Crippen MR) is 109 cm³/mol. The van der Waals surface area contributed by atoms with Gasteiger partial charge in [0.15, 0.2) is 6.10 Å². The molecule has 2 aromatic carbocycles. The standard InChI is InChI=1S/C22H26FN3O3/c1-15(2)24-22(27)26(13-16-6-4-9-19(10-16)28-3)14-20-12-21(25-29-20)17-7-5-8-18(23)11-17/h4-11,15,20H,12-14H2,1-3H3,(H,24,27)/t20-/m1/s1. The summed E-state index contributed by atoms with van der Waals surface area (Å²) in [6.45, 7) is 4.60. The summed E-state index contributed by atoms with van der Waals surface area (Å²) in [5.74, 6) is 0.421. The molecule has 0 unspecified atom stereocenters. The quantitative estimate of drug-likeness (QED) is 0.767. The first-order chi connectivity index (χ1) is 13.9. The van der Waals surface area contributed by atoms with Crippen LogP contribution < -0.4 is 10.1 Å². The number of hydrogen-bond acceptors (Lipinski definition) is 4. The van der Waals surface area contributed by atoms with E-state index in [-0.39, 0.29) is 24.0 Å². The third-order valence-corrected chi connectivity index (χ3v) is 4.52. The molecule has 0 spiro atoms. The van der Waals surface area contributed by atoms with Gasteiger partial charge in [-0.05, 0) is 43.7 Å². The van der Waals surface area contributed by atoms with Crippen molar-refractivity contribution in [3.8, 4) is 5.75 Å². The second-order valence-corrected chi connectivity index (χ2v) is 7.32. The zero-order valence-corrected chi connectivity index (χ0v) is 16.9. The largest absolute Gasteiger partial charge is 0.497 e. The lowest BCUT2D eigenvalue weighted by molar-refractivity contribution is 0.0586. The minimum Gasteiger partial charge on any atom is -0.497 e. The molecule has 1 atom stereocenters. The van der Waals surface area contributed by atoms with Gasteiger partial charge >= 0.3 is 6.03 Å². The molecule has 1 N–H and O–H groups in total. The molecule has 3 rings (SSSR count). The van der Waals surface area contributed by atoms with Crippen molar-refractivity contribution in [2.45, 2.75) is 39.0 Å². The number of carbonyl (C=O) groups is 1. The van der Waals surface area contributed by atoms with Gasteiger partial charge in [-0.2, -0.15) is 0 Å². The van der Waals surface area contributed by atoms with E-state index in [4.69, 9.17) is 9.57 Å². The van der Waals surface area contributed by atoms with Crippen LogP contribution in [0.25, 0.3) is 0 Å². The monoisotopic (exact) mass is 399 g/mol. The number of hydrogen-bond donors (Lipinski definition) is 1. The number of nitrogens with zero attached hydrogens (tertiary/aromatic N) is 2. The Labute approximate surface area is 170 Å². The Bertz CT molecular complexity index is 885. The Morgan fingerprint density at radius 3 is 2.83 bits per heavy atom. The highest BCUT2D eigenvalue weighted by molar-refractivity contribution is 6.01. The van der Waals surface area contributed by atoms with Crippen molar-refractivity contribution in [3.05, 3.63) is 65.5 Å². The van der Waals surface area contributed by atoms with E-state index in [9.17, 15) is 9.18 Å². The lowest BCUT2D eigenvalue weighted by Crippen LogP contribution is -2.45. The highest BCUT2D eigenvalue weighted by Crippen LogP contribution is 2.20. The van der Waals surface area contributed by atoms with Gasteiger partial charge < -0.3 is 19.8 Å². The molecule has 2 aromatic rings. The number of rotatable bonds is 7. The van der Waals surface area contributed by atoms with E-state index in [0.717, 1.165) is 11.3 Å². The molecule has 6 nitrogen and oxygen atoms in total. The number of nitrogens with one attached hydrogen (secondary N) is 1. The fraction of sp³-hybridized carbons (Fsp3) is 0.364. The van der Waals surface area contributed by atoms with E-state index < -0.39 is 0 Å². The van der Waals surface area contributed by atoms with E-state index in [2.05, 4.69) is 10.5 Å². The summed E-state index contributed by atoms with van der Waals surface area (Å²) in [4.78, 5) is 20.0. The van der Waals surface area contributed by atoms with Gasteiger partial charge in [0.2, 0.25) is 0 Å². The van der Waals surface area contributed by atoms with Crippen LogP contribution in [0.3, 0.4) is 0 Å². The molecular weight excluding hydrogens is 373 g/mol. The summed E-state index contributed by atoms with van der Waals surface area (Å²) in [5, 5.41) is 7.04. The summed E-state index contributed by atoms with van der Waals surface area (Å²) in [5.41, 5.74) is 2.33. The van der Waals surface area contributed by atoms with Crippen LogP contribution in [-0.2, 0) is 11.4 Å². The molecule has 2 amide bonds. The Morgan fingerprint density at radius 1 is 1.31 bits per heavy atom. The fourth-order valence-corrected chi connectivity index (χ4v) is 3.16. The predicted octanol–water partition coefficient (Wildman–Crippen LogP) is 3.95. The molecule has 0 saturated carbocycles. The van der Waals surface area contributed by atoms with E-state index in [0.29, 0.717) is 30.8 Å². The number of oxime groups is 1. The average molecular weight is 399 g/mol. The molecular formula is C22H26FN3O3. The molecule has 29 heavy (non-hydrogen) atoms. The number of amides is 2. The lowest BCUT2D eigenvalue weighted by atomic mass is 10.0. The zero-order valence-electron chi connectivity index (χ0n) is 16.9. The molecule has 0 bridgehead atoms. The van der Waals surface area contributed by atoms with Gasteiger partial charge in [-0.1, -0.05) is 29.4 Å². The van der Waals surface area contributed by atoms with Crippen LogP contribution in [0.5, 0.6) is 5.75 Å². The minimum atomic E-state index is -0.315. The summed E-state index contributed by atoms with van der Waals surface area (Å²) >= 11 is 0. The molecule has 1 aliphatic heterocycles. The van der Waals surface area contributed by atoms with E-state index in [1.165, 1.54) is 12.1 Å². The topological polar surface area (TPSA) is 63.2 Å². The van der Waals surface area contributed by atoms with Gasteiger partial charge in [0.25, 0.3) is 0 Å². The smallest absolute Gasteiger partial charge is 0.318 e. The Kier molecular flexibility index (Phi) is 6.69. The van der Waals surface area contributed by atoms with Gasteiger partial charge in [-0.15, -0.1) is 0 Å². The van der Waals surface area contributed by atoms with Crippen molar-refractivity contribution in [2.75, 3.05) is 13.7 Å². The molecule has 1 heterocycles. The Balaban J connectivity index is 1.69. The van der Waals surface area contributed by atoms with Gasteiger partial charge in [0, 0.05) is 24.6 Å². The van der Waals surface area contributed by atoms with Gasteiger partial charge in [0.05, 0.1) is 19.4 Å². The zero-order chi connectivity index (χ0) is 20.8. The Morgan fingerprint density at radius 2 is 2.10 bits per heavy atom. The van der Waals surface area contributed by atoms with Crippen LogP contribution >= 0.6 is 0 Å². The normalized spacial score (nSPS) is 15.6. The van der Waals surface area contributed by atoms with Gasteiger partial charge in [-0.3, -0.25) is 0 Å². The number of urea groups is 1. The first-order valence-corrected chi connectivity index (χ1v) is 9.61. The lowest BCUT2D eigenvalue weighted by Gasteiger charge is -2.26. The minimum absolute atomic E-state index is 0.0129. The third kappa shape index (κ3) is 5.70. The summed E-state index contributed by atoms with van der Waals surface area (Å²) in [7, 11) is 1.61. The molecule has 0 aromatic heterocycles. The van der Waals surface area contributed by atoms with Crippen LogP contribution in [0.1, 0.15) is 31.4 Å². The highest BCUT2D eigenvalue weighted by Gasteiger charge is 2.27. The number of halogens is 1. The maximum absolute atomic E-state index is 13.5. The average Bonchev–Trinajstić information content (AvgIpc) is 3.16. The second kappa shape index (κ2) is 9.41. The summed E-state index contributed by atoms with van der Waals surface area (Å²) in [6.07, 6.45) is 0.212. The number of carbonyl (C=O) groups excluding carboxylic acids is 1. The van der Waals surface area contributed by atoms with Crippen molar-refractivity contribution < 1.29 is 18.8 Å². The molecule has 0 saturated heterocycles. The van der Waals surface area contributed by atoms with Gasteiger partial charge in [0.1, 0.15) is 11.6 Å². The van der Waals surface area contributed by atoms with E-state index >= 15 is 0 Å². The molecule has 0 radical (unpaired) electrons. The maximum atomic E-state index is 13.5. The third-order valence-electron chi connectivity index (χ3n) is 4.52. The van der Waals surface area contributed by atoms with Crippen LogP contribution in [0.4, 0.5) is 9.18 Å².